The molecule has 1 aliphatic rings. The van der Waals surface area contributed by atoms with Gasteiger partial charge in [-0.15, -0.1) is 0 Å². The Morgan fingerprint density at radius 2 is 2.32 bits per heavy atom. The van der Waals surface area contributed by atoms with Crippen LogP contribution in [0.2, 0.25) is 0 Å². The van der Waals surface area contributed by atoms with Gasteiger partial charge in [-0.05, 0) is 19.3 Å². The number of esters is 1. The van der Waals surface area contributed by atoms with E-state index in [0.29, 0.717) is 13.2 Å². The summed E-state index contributed by atoms with van der Waals surface area (Å²) in [5, 5.41) is 11.8. The molecule has 0 aromatic carbocycles. The van der Waals surface area contributed by atoms with E-state index in [-0.39, 0.29) is 18.0 Å². The summed E-state index contributed by atoms with van der Waals surface area (Å²) in [5.41, 5.74) is 1.02. The Morgan fingerprint density at radius 3 is 2.95 bits per heavy atom. The summed E-state index contributed by atoms with van der Waals surface area (Å²) in [4.78, 5) is 19.2. The number of anilines is 1. The van der Waals surface area contributed by atoms with Gasteiger partial charge in [-0.25, -0.2) is 9.97 Å². The number of aliphatic hydroxyl groups excluding tert-OH is 1. The number of nitrogens with zero attached hydrogens (tertiary/aromatic N) is 2. The summed E-state index contributed by atoms with van der Waals surface area (Å²) in [7, 11) is 0. The summed E-state index contributed by atoms with van der Waals surface area (Å²) in [6.45, 7) is 2.38. The maximum Gasteiger partial charge on any atom is 0.302 e. The molecule has 0 saturated heterocycles. The molecule has 0 aliphatic heterocycles. The van der Waals surface area contributed by atoms with Crippen molar-refractivity contribution in [1.29, 1.82) is 0 Å². The predicted octanol–water partition coefficient (Wildman–Crippen LogP) is 0.866. The number of ether oxygens (including phenoxy) is 1. The molecule has 1 fully saturated rings. The fourth-order valence-electron chi connectivity index (χ4n) is 2.10. The van der Waals surface area contributed by atoms with Gasteiger partial charge >= 0.3 is 5.97 Å². The van der Waals surface area contributed by atoms with Gasteiger partial charge in [0.15, 0.2) is 0 Å². The fraction of sp³-hybridized carbons (Fsp3) is 0.615. The third-order valence-electron chi connectivity index (χ3n) is 3.37. The second kappa shape index (κ2) is 5.97. The van der Waals surface area contributed by atoms with E-state index in [1.54, 1.807) is 0 Å². The first-order valence-corrected chi connectivity index (χ1v) is 6.47. The molecule has 0 bridgehead atoms. The molecule has 0 spiro atoms. The maximum atomic E-state index is 10.8. The molecule has 0 atom stereocenters. The molecule has 6 heteroatoms. The zero-order chi connectivity index (χ0) is 13.7. The second-order valence-electron chi connectivity index (χ2n) is 4.81. The minimum atomic E-state index is -0.246. The van der Waals surface area contributed by atoms with Crippen LogP contribution in [0.15, 0.2) is 12.4 Å². The highest BCUT2D eigenvalue weighted by atomic mass is 16.5. The van der Waals surface area contributed by atoms with Gasteiger partial charge < -0.3 is 15.2 Å². The van der Waals surface area contributed by atoms with Gasteiger partial charge in [0.05, 0.1) is 18.9 Å². The Kier molecular flexibility index (Phi) is 4.31. The average Bonchev–Trinajstić information content (AvgIpc) is 3.17. The van der Waals surface area contributed by atoms with Crippen LogP contribution in [0, 0.1) is 0 Å². The average molecular weight is 265 g/mol. The van der Waals surface area contributed by atoms with Gasteiger partial charge in [-0.3, -0.25) is 4.79 Å². The normalized spacial score (nSPS) is 15.9. The monoisotopic (exact) mass is 265 g/mol. The van der Waals surface area contributed by atoms with Crippen LogP contribution >= 0.6 is 0 Å². The van der Waals surface area contributed by atoms with Crippen LogP contribution in [0.25, 0.3) is 0 Å². The number of aromatic nitrogens is 2. The van der Waals surface area contributed by atoms with E-state index in [4.69, 9.17) is 9.84 Å². The summed E-state index contributed by atoms with van der Waals surface area (Å²) in [5.74, 6) is 0.474. The van der Waals surface area contributed by atoms with Crippen LogP contribution in [0.5, 0.6) is 0 Å². The highest BCUT2D eigenvalue weighted by Gasteiger charge is 2.45. The third kappa shape index (κ3) is 3.64. The quantitative estimate of drug-likeness (QED) is 0.711. The SMILES string of the molecule is CC(=O)OCCC1(c2cc(NCCO)ncn2)CC1. The highest BCUT2D eigenvalue weighted by Crippen LogP contribution is 2.50. The number of rotatable bonds is 7. The number of carbonyl (C=O) groups is 1. The molecule has 2 rings (SSSR count). The molecule has 0 unspecified atom stereocenters. The van der Waals surface area contributed by atoms with Crippen molar-refractivity contribution in [3.8, 4) is 0 Å². The molecule has 1 saturated carbocycles. The largest absolute Gasteiger partial charge is 0.466 e. The van der Waals surface area contributed by atoms with E-state index in [1.165, 1.54) is 13.3 Å². The van der Waals surface area contributed by atoms with Gasteiger partial charge in [0.25, 0.3) is 0 Å². The summed E-state index contributed by atoms with van der Waals surface area (Å²) >= 11 is 0. The van der Waals surface area contributed by atoms with Crippen LogP contribution in [-0.4, -0.2) is 40.8 Å². The van der Waals surface area contributed by atoms with E-state index >= 15 is 0 Å². The lowest BCUT2D eigenvalue weighted by Gasteiger charge is -2.15. The smallest absolute Gasteiger partial charge is 0.302 e. The van der Waals surface area contributed by atoms with Gasteiger partial charge in [-0.2, -0.15) is 0 Å². The number of carbonyl (C=O) groups excluding carboxylic acids is 1. The summed E-state index contributed by atoms with van der Waals surface area (Å²) in [6.07, 6.45) is 4.44. The molecule has 6 nitrogen and oxygen atoms in total. The summed E-state index contributed by atoms with van der Waals surface area (Å²) in [6, 6.07) is 1.91. The Bertz CT molecular complexity index is 447. The molecule has 1 aromatic heterocycles. The van der Waals surface area contributed by atoms with Crippen molar-refractivity contribution in [3.05, 3.63) is 18.1 Å². The molecule has 104 valence electrons. The van der Waals surface area contributed by atoms with Gasteiger partial charge in [0.1, 0.15) is 12.1 Å². The molecule has 19 heavy (non-hydrogen) atoms. The van der Waals surface area contributed by atoms with Crippen LogP contribution in [0.4, 0.5) is 5.82 Å². The predicted molar refractivity (Wildman–Crippen MR) is 69.8 cm³/mol. The molecule has 0 radical (unpaired) electrons. The van der Waals surface area contributed by atoms with Crippen LogP contribution in [0.1, 0.15) is 31.9 Å². The molecular formula is C13H19N3O3. The Hall–Kier alpha value is -1.69. The summed E-state index contributed by atoms with van der Waals surface area (Å²) < 4.78 is 5.00. The second-order valence-corrected chi connectivity index (χ2v) is 4.81. The lowest BCUT2D eigenvalue weighted by atomic mass is 9.98. The molecule has 1 aromatic rings. The molecular weight excluding hydrogens is 246 g/mol. The van der Waals surface area contributed by atoms with Gasteiger partial charge in [0, 0.05) is 24.9 Å². The van der Waals surface area contributed by atoms with Crippen molar-refractivity contribution in [2.24, 2.45) is 0 Å². The standard InChI is InChI=1S/C13H19N3O3/c1-10(18)19-7-4-13(2-3-13)11-8-12(14-5-6-17)16-9-15-11/h8-9,17H,2-7H2,1H3,(H,14,15,16). The zero-order valence-electron chi connectivity index (χ0n) is 11.1. The van der Waals surface area contributed by atoms with Crippen molar-refractivity contribution in [2.75, 3.05) is 25.1 Å². The highest BCUT2D eigenvalue weighted by molar-refractivity contribution is 5.65. The van der Waals surface area contributed by atoms with Crippen molar-refractivity contribution >= 4 is 11.8 Å². The van der Waals surface area contributed by atoms with Crippen molar-refractivity contribution in [2.45, 2.75) is 31.6 Å². The minimum Gasteiger partial charge on any atom is -0.466 e. The molecule has 2 N–H and O–H groups in total. The third-order valence-corrected chi connectivity index (χ3v) is 3.37. The first kappa shape index (κ1) is 13.7. The maximum absolute atomic E-state index is 10.8. The van der Waals surface area contributed by atoms with Crippen LogP contribution < -0.4 is 5.32 Å². The fourth-order valence-corrected chi connectivity index (χ4v) is 2.10. The number of nitrogens with one attached hydrogen (secondary N) is 1. The number of aliphatic hydroxyl groups is 1. The van der Waals surface area contributed by atoms with E-state index in [0.717, 1.165) is 30.8 Å². The Labute approximate surface area is 112 Å². The van der Waals surface area contributed by atoms with Crippen molar-refractivity contribution < 1.29 is 14.6 Å². The molecule has 0 amide bonds. The lowest BCUT2D eigenvalue weighted by Crippen LogP contribution is -2.15. The van der Waals surface area contributed by atoms with E-state index in [1.807, 2.05) is 6.07 Å². The minimum absolute atomic E-state index is 0.0357. The Balaban J connectivity index is 1.98. The van der Waals surface area contributed by atoms with E-state index < -0.39 is 0 Å². The van der Waals surface area contributed by atoms with Crippen LogP contribution in [0.3, 0.4) is 0 Å². The van der Waals surface area contributed by atoms with Crippen LogP contribution in [-0.2, 0) is 14.9 Å². The van der Waals surface area contributed by atoms with Crippen molar-refractivity contribution in [3.63, 3.8) is 0 Å². The lowest BCUT2D eigenvalue weighted by molar-refractivity contribution is -0.141. The van der Waals surface area contributed by atoms with Gasteiger partial charge in [-0.1, -0.05) is 0 Å². The molecule has 1 heterocycles. The molecule has 1 aliphatic carbocycles. The van der Waals surface area contributed by atoms with Crippen molar-refractivity contribution in [1.82, 2.24) is 9.97 Å². The van der Waals surface area contributed by atoms with Gasteiger partial charge in [0.2, 0.25) is 0 Å². The Morgan fingerprint density at radius 1 is 1.53 bits per heavy atom. The van der Waals surface area contributed by atoms with E-state index in [2.05, 4.69) is 15.3 Å². The number of hydrogen-bond donors (Lipinski definition) is 2. The first-order valence-electron chi connectivity index (χ1n) is 6.47. The zero-order valence-corrected chi connectivity index (χ0v) is 11.1. The first-order chi connectivity index (χ1) is 9.16. The topological polar surface area (TPSA) is 84.3 Å². The van der Waals surface area contributed by atoms with E-state index in [9.17, 15) is 4.79 Å². The number of hydrogen-bond acceptors (Lipinski definition) is 6.